The average Bonchev–Trinajstić information content (AvgIpc) is 3.10. The number of amides is 1. The molecule has 0 aromatic heterocycles. The lowest BCUT2D eigenvalue weighted by molar-refractivity contribution is -0.384. The van der Waals surface area contributed by atoms with Gasteiger partial charge in [0.1, 0.15) is 0 Å². The van der Waals surface area contributed by atoms with Crippen LogP contribution in [0.5, 0.6) is 0 Å². The molecule has 1 N–H and O–H groups in total. The second kappa shape index (κ2) is 8.41. The third kappa shape index (κ3) is 4.43. The van der Waals surface area contributed by atoms with Crippen LogP contribution in [-0.4, -0.2) is 65.9 Å². The maximum Gasteiger partial charge on any atom is 0.269 e. The highest BCUT2D eigenvalue weighted by Gasteiger charge is 2.27. The molecule has 0 aliphatic carbocycles. The van der Waals surface area contributed by atoms with Crippen molar-refractivity contribution in [3.8, 4) is 0 Å². The Hall–Kier alpha value is -1.70. The van der Waals surface area contributed by atoms with Crippen molar-refractivity contribution >= 4 is 24.0 Å². The summed E-state index contributed by atoms with van der Waals surface area (Å²) in [6, 6.07) is 6.84. The number of non-ortho nitro benzene ring substituents is 1. The van der Waals surface area contributed by atoms with Crippen LogP contribution >= 0.6 is 12.4 Å². The molecule has 0 saturated carbocycles. The lowest BCUT2D eigenvalue weighted by Gasteiger charge is -2.37. The number of nitrogens with one attached hydrogen (secondary N) is 1. The number of rotatable bonds is 4. The lowest BCUT2D eigenvalue weighted by Crippen LogP contribution is -2.52. The summed E-state index contributed by atoms with van der Waals surface area (Å²) in [5, 5.41) is 14.0. The Kier molecular flexibility index (Phi) is 6.53. The molecule has 2 saturated heterocycles. The van der Waals surface area contributed by atoms with Gasteiger partial charge < -0.3 is 10.2 Å². The monoisotopic (exact) mass is 354 g/mol. The van der Waals surface area contributed by atoms with Crippen molar-refractivity contribution in [3.63, 3.8) is 0 Å². The molecule has 1 aromatic carbocycles. The number of hydrogen-bond acceptors (Lipinski definition) is 5. The Labute approximate surface area is 147 Å². The van der Waals surface area contributed by atoms with Gasteiger partial charge in [-0.3, -0.25) is 19.8 Å². The highest BCUT2D eigenvalue weighted by molar-refractivity contribution is 5.85. The number of nitro groups is 1. The van der Waals surface area contributed by atoms with Crippen LogP contribution in [0, 0.1) is 10.1 Å². The highest BCUT2D eigenvalue weighted by atomic mass is 35.5. The predicted molar refractivity (Wildman–Crippen MR) is 93.5 cm³/mol. The first kappa shape index (κ1) is 18.6. The summed E-state index contributed by atoms with van der Waals surface area (Å²) in [6.07, 6.45) is 1.50. The van der Waals surface area contributed by atoms with Crippen LogP contribution < -0.4 is 5.32 Å². The van der Waals surface area contributed by atoms with E-state index in [1.807, 2.05) is 4.90 Å². The van der Waals surface area contributed by atoms with Crippen molar-refractivity contribution in [1.29, 1.82) is 0 Å². The van der Waals surface area contributed by atoms with Gasteiger partial charge in [-0.1, -0.05) is 12.1 Å². The molecule has 1 aromatic rings. The number of hydrogen-bond donors (Lipinski definition) is 1. The van der Waals surface area contributed by atoms with E-state index < -0.39 is 4.92 Å². The molecule has 24 heavy (non-hydrogen) atoms. The second-order valence-electron chi connectivity index (χ2n) is 6.16. The zero-order chi connectivity index (χ0) is 16.2. The van der Waals surface area contributed by atoms with Crippen LogP contribution in [0.15, 0.2) is 24.3 Å². The number of benzene rings is 1. The summed E-state index contributed by atoms with van der Waals surface area (Å²) in [7, 11) is 0. The van der Waals surface area contributed by atoms with Crippen molar-refractivity contribution in [2.45, 2.75) is 18.9 Å². The van der Waals surface area contributed by atoms with Gasteiger partial charge in [-0.15, -0.1) is 12.4 Å². The van der Waals surface area contributed by atoms with Gasteiger partial charge >= 0.3 is 0 Å². The molecule has 2 aliphatic rings. The molecular formula is C16H23ClN4O3. The molecule has 132 valence electrons. The Morgan fingerprint density at radius 3 is 2.42 bits per heavy atom. The Morgan fingerprint density at radius 2 is 1.88 bits per heavy atom. The summed E-state index contributed by atoms with van der Waals surface area (Å²) in [5.74, 6) is 0.100. The van der Waals surface area contributed by atoms with Gasteiger partial charge in [0.2, 0.25) is 5.91 Å². The average molecular weight is 355 g/mol. The van der Waals surface area contributed by atoms with Crippen molar-refractivity contribution in [2.75, 3.05) is 39.3 Å². The van der Waals surface area contributed by atoms with Crippen molar-refractivity contribution in [3.05, 3.63) is 39.9 Å². The fourth-order valence-corrected chi connectivity index (χ4v) is 3.31. The zero-order valence-electron chi connectivity index (χ0n) is 13.5. The van der Waals surface area contributed by atoms with E-state index in [9.17, 15) is 14.9 Å². The quantitative estimate of drug-likeness (QED) is 0.646. The van der Waals surface area contributed by atoms with Gasteiger partial charge in [0, 0.05) is 50.9 Å². The molecule has 2 fully saturated rings. The van der Waals surface area contributed by atoms with Gasteiger partial charge in [0.05, 0.1) is 11.3 Å². The van der Waals surface area contributed by atoms with Gasteiger partial charge in [-0.25, -0.2) is 0 Å². The number of nitrogens with zero attached hydrogens (tertiary/aromatic N) is 3. The molecule has 0 bridgehead atoms. The van der Waals surface area contributed by atoms with Crippen LogP contribution in [0.1, 0.15) is 12.0 Å². The molecule has 0 radical (unpaired) electrons. The molecular weight excluding hydrogens is 332 g/mol. The van der Waals surface area contributed by atoms with E-state index in [1.54, 1.807) is 12.1 Å². The lowest BCUT2D eigenvalue weighted by atomic mass is 10.1. The largest absolute Gasteiger partial charge is 0.340 e. The minimum Gasteiger partial charge on any atom is -0.340 e. The summed E-state index contributed by atoms with van der Waals surface area (Å²) in [4.78, 5) is 27.0. The van der Waals surface area contributed by atoms with Crippen LogP contribution in [0.3, 0.4) is 0 Å². The molecule has 2 heterocycles. The zero-order valence-corrected chi connectivity index (χ0v) is 14.3. The highest BCUT2D eigenvalue weighted by Crippen LogP contribution is 2.15. The first-order valence-electron chi connectivity index (χ1n) is 8.09. The number of halogens is 1. The third-order valence-corrected chi connectivity index (χ3v) is 4.72. The molecule has 3 rings (SSSR count). The van der Waals surface area contributed by atoms with Gasteiger partial charge in [0.15, 0.2) is 0 Å². The fraction of sp³-hybridized carbons (Fsp3) is 0.562. The van der Waals surface area contributed by atoms with E-state index in [2.05, 4.69) is 10.2 Å². The smallest absolute Gasteiger partial charge is 0.269 e. The molecule has 1 unspecified atom stereocenters. The predicted octanol–water partition coefficient (Wildman–Crippen LogP) is 1.07. The summed E-state index contributed by atoms with van der Waals surface area (Å²) in [5.41, 5.74) is 0.878. The summed E-state index contributed by atoms with van der Waals surface area (Å²) < 4.78 is 0. The fourth-order valence-electron chi connectivity index (χ4n) is 3.31. The van der Waals surface area contributed by atoms with E-state index >= 15 is 0 Å². The topological polar surface area (TPSA) is 78.7 Å². The van der Waals surface area contributed by atoms with Crippen molar-refractivity contribution in [2.24, 2.45) is 0 Å². The maximum atomic E-state index is 12.4. The third-order valence-electron chi connectivity index (χ3n) is 4.72. The first-order valence-corrected chi connectivity index (χ1v) is 8.09. The van der Waals surface area contributed by atoms with Crippen LogP contribution in [0.4, 0.5) is 5.69 Å². The number of nitro benzene ring substituents is 1. The van der Waals surface area contributed by atoms with Gasteiger partial charge in [-0.05, 0) is 18.5 Å². The molecule has 8 heteroatoms. The van der Waals surface area contributed by atoms with E-state index in [0.717, 1.165) is 44.8 Å². The molecule has 1 atom stereocenters. The van der Waals surface area contributed by atoms with E-state index in [1.165, 1.54) is 18.6 Å². The molecule has 7 nitrogen and oxygen atoms in total. The Morgan fingerprint density at radius 1 is 1.21 bits per heavy atom. The second-order valence-corrected chi connectivity index (χ2v) is 6.16. The van der Waals surface area contributed by atoms with E-state index in [-0.39, 0.29) is 24.0 Å². The van der Waals surface area contributed by atoms with Gasteiger partial charge in [-0.2, -0.15) is 0 Å². The van der Waals surface area contributed by atoms with Crippen molar-refractivity contribution in [1.82, 2.24) is 15.1 Å². The van der Waals surface area contributed by atoms with Crippen LogP contribution in [-0.2, 0) is 11.2 Å². The van der Waals surface area contributed by atoms with Gasteiger partial charge in [0.25, 0.3) is 5.69 Å². The molecule has 2 aliphatic heterocycles. The minimum atomic E-state index is -0.428. The number of carbonyl (C=O) groups excluding carboxylic acids is 1. The number of carbonyl (C=O) groups is 1. The summed E-state index contributed by atoms with van der Waals surface area (Å²) in [6.45, 7) is 5.53. The van der Waals surface area contributed by atoms with Crippen LogP contribution in [0.2, 0.25) is 0 Å². The SMILES string of the molecule is Cl.O=C(Cc1ccc([N+](=O)[O-])cc1)N1CCN(C2CCNC2)CC1. The van der Waals surface area contributed by atoms with Crippen LogP contribution in [0.25, 0.3) is 0 Å². The summed E-state index contributed by atoms with van der Waals surface area (Å²) >= 11 is 0. The van der Waals surface area contributed by atoms with E-state index in [0.29, 0.717) is 12.5 Å². The number of piperazine rings is 1. The van der Waals surface area contributed by atoms with Crippen molar-refractivity contribution < 1.29 is 9.72 Å². The Bertz CT molecular complexity index is 567. The minimum absolute atomic E-state index is 0. The Balaban J connectivity index is 0.00000208. The molecule has 0 spiro atoms. The first-order chi connectivity index (χ1) is 11.1. The van der Waals surface area contributed by atoms with E-state index in [4.69, 9.17) is 0 Å². The standard InChI is InChI=1S/C16H22N4O3.ClH/c21-16(11-13-1-3-14(4-2-13)20(22)23)19-9-7-18(8-10-19)15-5-6-17-12-15;/h1-4,15,17H,5-12H2;1H. The molecule has 1 amide bonds. The normalized spacial score (nSPS) is 21.3. The maximum absolute atomic E-state index is 12.4.